The van der Waals surface area contributed by atoms with E-state index in [1.807, 2.05) is 47.2 Å². The molecule has 10 aromatic carbocycles. The average molecular weight is 974 g/mol. The smallest absolute Gasteiger partial charge is 0.269 e. The molecule has 356 valence electrons. The number of rotatable bonds is 8. The van der Waals surface area contributed by atoms with Crippen LogP contribution in [0, 0.1) is 19.8 Å². The third-order valence-electron chi connectivity index (χ3n) is 14.9. The van der Waals surface area contributed by atoms with Crippen molar-refractivity contribution in [3.63, 3.8) is 0 Å². The number of nitrogens with zero attached hydrogens (tertiary/aromatic N) is 7. The Morgan fingerprint density at radius 3 is 1.89 bits per heavy atom. The number of aryl methyl sites for hydroxylation is 1. The maximum absolute atomic E-state index is 8.19. The summed E-state index contributed by atoms with van der Waals surface area (Å²) in [5.41, 5.74) is 16.1. The van der Waals surface area contributed by atoms with Crippen LogP contribution in [0.5, 0.6) is 11.5 Å². The number of para-hydroxylation sites is 7. The summed E-state index contributed by atoms with van der Waals surface area (Å²) in [7, 11) is 0. The molecule has 0 unspecified atom stereocenters. The third-order valence-corrected chi connectivity index (χ3v) is 14.9. The van der Waals surface area contributed by atoms with Crippen molar-refractivity contribution in [2.75, 3.05) is 0 Å². The largest absolute Gasteiger partial charge is 0.459 e. The molecule has 0 amide bonds. The van der Waals surface area contributed by atoms with Crippen molar-refractivity contribution in [1.82, 2.24) is 23.3 Å². The van der Waals surface area contributed by atoms with Gasteiger partial charge in [-0.3, -0.25) is 13.7 Å². The second kappa shape index (κ2) is 17.1. The van der Waals surface area contributed by atoms with Crippen LogP contribution in [0.2, 0.25) is 0 Å². The molecule has 8 nitrogen and oxygen atoms in total. The standard InChI is InChI=1S/C68H43N7O/c1-44-31-35-62-57(37-44)55-34-33-49(76-50-39-46(69-2)38-48(40-50)71-43-72(64-29-15-14-28-63(64)71)58-24-10-6-19-51(58)45-17-4-3-5-18-45)41-66(55)75(62)67-36-32-47(42-70-67)73-59-25-11-9-22-54(59)56-23-16-30-65(68(56)73)74-60-26-12-7-20-52(60)53-21-8-13-27-61(53)74/h3-42H,1H3. The first kappa shape index (κ1) is 43.1. The van der Waals surface area contributed by atoms with Crippen LogP contribution >= 0.6 is 0 Å². The Labute approximate surface area is 436 Å². The monoisotopic (exact) mass is 973 g/mol. The zero-order valence-electron chi connectivity index (χ0n) is 41.1. The first-order chi connectivity index (χ1) is 37.6. The molecule has 15 rings (SSSR count). The van der Waals surface area contributed by atoms with Crippen molar-refractivity contribution in [1.29, 1.82) is 0 Å². The van der Waals surface area contributed by atoms with Crippen LogP contribution in [-0.2, 0) is 0 Å². The van der Waals surface area contributed by atoms with Crippen molar-refractivity contribution < 1.29 is 9.30 Å². The van der Waals surface area contributed by atoms with Crippen LogP contribution in [0.1, 0.15) is 5.56 Å². The van der Waals surface area contributed by atoms with Crippen molar-refractivity contribution >= 4 is 82.1 Å². The first-order valence-electron chi connectivity index (χ1n) is 25.4. The van der Waals surface area contributed by atoms with E-state index in [0.29, 0.717) is 17.2 Å². The van der Waals surface area contributed by atoms with Crippen LogP contribution < -0.4 is 9.30 Å². The molecule has 0 radical (unpaired) electrons. The summed E-state index contributed by atoms with van der Waals surface area (Å²) >= 11 is 0. The van der Waals surface area contributed by atoms with Gasteiger partial charge < -0.3 is 13.9 Å². The van der Waals surface area contributed by atoms with Gasteiger partial charge in [0.25, 0.3) is 6.33 Å². The molecule has 8 heteroatoms. The summed E-state index contributed by atoms with van der Waals surface area (Å²) in [5.74, 6) is 1.95. The minimum Gasteiger partial charge on any atom is -0.459 e. The molecular weight excluding hydrogens is 931 g/mol. The van der Waals surface area contributed by atoms with Gasteiger partial charge in [-0.25, -0.2) is 9.83 Å². The fourth-order valence-corrected chi connectivity index (χ4v) is 11.6. The maximum Gasteiger partial charge on any atom is 0.269 e. The number of hydrogen-bond acceptors (Lipinski definition) is 2. The van der Waals surface area contributed by atoms with E-state index in [1.54, 1.807) is 6.07 Å². The van der Waals surface area contributed by atoms with Crippen LogP contribution in [0.4, 0.5) is 5.69 Å². The molecule has 0 aliphatic heterocycles. The number of fused-ring (bicyclic) bond motifs is 10. The maximum atomic E-state index is 8.19. The zero-order chi connectivity index (χ0) is 50.4. The van der Waals surface area contributed by atoms with Gasteiger partial charge >= 0.3 is 0 Å². The summed E-state index contributed by atoms with van der Waals surface area (Å²) in [4.78, 5) is 9.23. The summed E-state index contributed by atoms with van der Waals surface area (Å²) in [5, 5.41) is 7.00. The van der Waals surface area contributed by atoms with E-state index in [9.17, 15) is 0 Å². The number of aromatic nitrogens is 6. The van der Waals surface area contributed by atoms with Gasteiger partial charge in [0.05, 0.1) is 79.7 Å². The molecule has 0 aliphatic carbocycles. The fraction of sp³-hybridized carbons (Fsp3) is 0.0147. The molecular formula is C68H43N7O. The quantitative estimate of drug-likeness (QED) is 0.113. The first-order valence-corrected chi connectivity index (χ1v) is 25.4. The van der Waals surface area contributed by atoms with E-state index in [4.69, 9.17) is 16.3 Å². The van der Waals surface area contributed by atoms with Gasteiger partial charge in [-0.2, -0.15) is 0 Å². The fourth-order valence-electron chi connectivity index (χ4n) is 11.6. The van der Waals surface area contributed by atoms with Crippen LogP contribution in [-0.4, -0.2) is 23.3 Å². The van der Waals surface area contributed by atoms with Crippen molar-refractivity contribution in [2.24, 2.45) is 0 Å². The Balaban J connectivity index is 0.844. The lowest BCUT2D eigenvalue weighted by atomic mass is 10.0. The van der Waals surface area contributed by atoms with Crippen molar-refractivity contribution in [3.8, 4) is 51.2 Å². The summed E-state index contributed by atoms with van der Waals surface area (Å²) < 4.78 is 17.9. The lowest BCUT2D eigenvalue weighted by Gasteiger charge is -2.15. The molecule has 0 saturated carbocycles. The number of ether oxygens (including phenoxy) is 1. The van der Waals surface area contributed by atoms with Gasteiger partial charge in [-0.1, -0.05) is 151 Å². The van der Waals surface area contributed by atoms with Gasteiger partial charge in [-0.15, -0.1) is 0 Å². The molecule has 15 aromatic rings. The van der Waals surface area contributed by atoms with Gasteiger partial charge in [0.15, 0.2) is 5.69 Å². The van der Waals surface area contributed by atoms with Crippen LogP contribution in [0.15, 0.2) is 243 Å². The molecule has 0 N–H and O–H groups in total. The van der Waals surface area contributed by atoms with E-state index in [-0.39, 0.29) is 0 Å². The van der Waals surface area contributed by atoms with E-state index < -0.39 is 0 Å². The second-order valence-electron chi connectivity index (χ2n) is 19.3. The Hall–Kier alpha value is -10.5. The Morgan fingerprint density at radius 1 is 0.474 bits per heavy atom. The molecule has 5 aromatic heterocycles. The predicted octanol–water partition coefficient (Wildman–Crippen LogP) is 16.7. The molecule has 0 saturated heterocycles. The molecule has 0 atom stereocenters. The normalized spacial score (nSPS) is 11.7. The molecule has 0 aliphatic rings. The zero-order valence-corrected chi connectivity index (χ0v) is 41.1. The number of benzene rings is 10. The van der Waals surface area contributed by atoms with Crippen molar-refractivity contribution in [3.05, 3.63) is 266 Å². The highest BCUT2D eigenvalue weighted by molar-refractivity contribution is 6.15. The van der Waals surface area contributed by atoms with E-state index in [0.717, 1.165) is 94.6 Å². The average Bonchev–Trinajstić information content (AvgIpc) is 4.22. The number of hydrogen-bond donors (Lipinski definition) is 0. The minimum absolute atomic E-state index is 0.454. The summed E-state index contributed by atoms with van der Waals surface area (Å²) in [6.45, 7) is 10.3. The number of imidazole rings is 1. The minimum atomic E-state index is 0.454. The molecule has 0 spiro atoms. The SMILES string of the molecule is [C-]#[N+]c1cc(Oc2ccc3c4cc(C)ccc4n(-c4ccc(-n5c6ccccc6c6cccc(-n7c8ccccc8c8ccccc87)c65)cn4)c3c2)cc(-n2[c-][n+](-c3ccccc3-c3ccccc3)c3ccccc32)c1. The summed E-state index contributed by atoms with van der Waals surface area (Å²) in [6.07, 6.45) is 5.66. The summed E-state index contributed by atoms with van der Waals surface area (Å²) in [6, 6.07) is 82.5. The number of pyridine rings is 1. The highest BCUT2D eigenvalue weighted by Gasteiger charge is 2.22. The van der Waals surface area contributed by atoms with Crippen LogP contribution in [0.3, 0.4) is 0 Å². The molecule has 5 heterocycles. The van der Waals surface area contributed by atoms with Gasteiger partial charge in [-0.05, 0) is 103 Å². The highest BCUT2D eigenvalue weighted by Crippen LogP contribution is 2.41. The van der Waals surface area contributed by atoms with Crippen molar-refractivity contribution in [2.45, 2.75) is 6.92 Å². The Kier molecular flexibility index (Phi) is 9.68. The van der Waals surface area contributed by atoms with Gasteiger partial charge in [0, 0.05) is 38.4 Å². The van der Waals surface area contributed by atoms with Crippen LogP contribution in [0.25, 0.3) is 121 Å². The predicted molar refractivity (Wildman–Crippen MR) is 307 cm³/mol. The van der Waals surface area contributed by atoms with Gasteiger partial charge in [0.1, 0.15) is 17.3 Å². The lowest BCUT2D eigenvalue weighted by Crippen LogP contribution is -2.30. The topological polar surface area (TPSA) is 50.1 Å². The van der Waals surface area contributed by atoms with E-state index in [1.165, 1.54) is 27.1 Å². The second-order valence-corrected chi connectivity index (χ2v) is 19.3. The molecule has 76 heavy (non-hydrogen) atoms. The Morgan fingerprint density at radius 2 is 1.13 bits per heavy atom. The Bertz CT molecular complexity index is 4820. The van der Waals surface area contributed by atoms with E-state index in [2.05, 4.69) is 230 Å². The lowest BCUT2D eigenvalue weighted by molar-refractivity contribution is -0.571. The van der Waals surface area contributed by atoms with Gasteiger partial charge in [0.2, 0.25) is 0 Å². The third kappa shape index (κ3) is 6.70. The molecule has 0 bridgehead atoms. The van der Waals surface area contributed by atoms with E-state index >= 15 is 0 Å². The highest BCUT2D eigenvalue weighted by atomic mass is 16.5. The molecule has 0 fully saturated rings.